The average molecular weight is 176 g/mol. The molecule has 1 N–H and O–H groups in total. The predicted molar refractivity (Wildman–Crippen MR) is 51.5 cm³/mol. The minimum Gasteiger partial charge on any atom is -0.367 e. The summed E-state index contributed by atoms with van der Waals surface area (Å²) >= 11 is 0. The molecule has 0 aliphatic rings. The summed E-state index contributed by atoms with van der Waals surface area (Å²) in [6.07, 6.45) is 4.95. The van der Waals surface area contributed by atoms with E-state index in [1.807, 2.05) is 0 Å². The van der Waals surface area contributed by atoms with Crippen molar-refractivity contribution in [2.45, 2.75) is 19.4 Å². The number of ether oxygens (including phenoxy) is 1. The Morgan fingerprint density at radius 2 is 2.08 bits per heavy atom. The van der Waals surface area contributed by atoms with Gasteiger partial charge in [0.15, 0.2) is 5.60 Å². The Balaban J connectivity index is 3.93. The van der Waals surface area contributed by atoms with Crippen LogP contribution in [0.3, 0.4) is 0 Å². The van der Waals surface area contributed by atoms with Gasteiger partial charge in [0.25, 0.3) is 0 Å². The molecule has 0 heterocycles. The Labute approximate surface area is 79.3 Å². The molecule has 1 atom stereocenters. The van der Waals surface area contributed by atoms with E-state index < -0.39 is 5.60 Å². The van der Waals surface area contributed by atoms with Crippen molar-refractivity contribution in [3.05, 3.63) is 0 Å². The molecule has 1 unspecified atom stereocenters. The van der Waals surface area contributed by atoms with Crippen LogP contribution in [0.2, 0.25) is 0 Å². The predicted octanol–water partition coefficient (Wildman–Crippen LogP) is 0.414. The largest absolute Gasteiger partial charge is 0.367 e. The van der Waals surface area contributed by atoms with Crippen molar-refractivity contribution in [2.75, 3.05) is 13.2 Å². The third kappa shape index (κ3) is 6.98. The van der Waals surface area contributed by atoms with Crippen LogP contribution in [0.15, 0.2) is 0 Å². The molecule has 0 saturated carbocycles. The molecular weight excluding hydrogens is 164 g/mol. The normalized spacial score (nSPS) is 12.5. The van der Waals surface area contributed by atoms with Gasteiger partial charge in [-0.3, -0.25) is 0 Å². The van der Waals surface area contributed by atoms with Gasteiger partial charge in [0.05, 0.1) is 0 Å². The molecule has 68 valence electrons. The lowest BCUT2D eigenvalue weighted by Crippen LogP contribution is -2.18. The summed E-state index contributed by atoms with van der Waals surface area (Å²) in [5.74, 6) is 12.6. The van der Waals surface area contributed by atoms with Crippen molar-refractivity contribution >= 4 is 0 Å². The van der Waals surface area contributed by atoms with Crippen LogP contribution in [-0.2, 0) is 4.74 Å². The number of aliphatic hydroxyl groups is 1. The second kappa shape index (κ2) is 6.15. The van der Waals surface area contributed by atoms with E-state index in [1.54, 1.807) is 6.92 Å². The third-order valence-electron chi connectivity index (χ3n) is 1.06. The zero-order valence-electron chi connectivity index (χ0n) is 7.85. The fraction of sp³-hybridized carbons (Fsp3) is 0.455. The Hall–Kier alpha value is -1.40. The number of terminal acetylenes is 1. The van der Waals surface area contributed by atoms with E-state index in [1.165, 1.54) is 6.92 Å². The quantitative estimate of drug-likeness (QED) is 0.488. The lowest BCUT2D eigenvalue weighted by atomic mass is 10.1. The van der Waals surface area contributed by atoms with Crippen LogP contribution in [0.5, 0.6) is 0 Å². The van der Waals surface area contributed by atoms with Gasteiger partial charge in [-0.2, -0.15) is 0 Å². The van der Waals surface area contributed by atoms with Gasteiger partial charge >= 0.3 is 0 Å². The van der Waals surface area contributed by atoms with Gasteiger partial charge in [0, 0.05) is 0 Å². The highest BCUT2D eigenvalue weighted by Gasteiger charge is 2.10. The molecule has 0 amide bonds. The maximum absolute atomic E-state index is 9.43. The summed E-state index contributed by atoms with van der Waals surface area (Å²) in [5, 5.41) is 9.43. The third-order valence-corrected chi connectivity index (χ3v) is 1.06. The van der Waals surface area contributed by atoms with Crippen LogP contribution in [0.1, 0.15) is 13.8 Å². The Bertz CT molecular complexity index is 299. The fourth-order valence-corrected chi connectivity index (χ4v) is 0.644. The van der Waals surface area contributed by atoms with E-state index in [0.29, 0.717) is 0 Å². The first-order valence-electron chi connectivity index (χ1n) is 3.80. The highest BCUT2D eigenvalue weighted by molar-refractivity contribution is 5.27. The monoisotopic (exact) mass is 176 g/mol. The lowest BCUT2D eigenvalue weighted by Gasteiger charge is -2.05. The number of hydrogen-bond acceptors (Lipinski definition) is 2. The number of rotatable bonds is 2. The fourth-order valence-electron chi connectivity index (χ4n) is 0.644. The summed E-state index contributed by atoms with van der Waals surface area (Å²) in [7, 11) is 0. The molecule has 0 aliphatic heterocycles. The average Bonchev–Trinajstić information content (AvgIpc) is 2.04. The molecule has 0 spiro atoms. The van der Waals surface area contributed by atoms with Gasteiger partial charge < -0.3 is 9.84 Å². The van der Waals surface area contributed by atoms with Crippen molar-refractivity contribution < 1.29 is 9.84 Å². The first-order valence-corrected chi connectivity index (χ1v) is 3.80. The van der Waals surface area contributed by atoms with E-state index in [9.17, 15) is 5.11 Å². The summed E-state index contributed by atoms with van der Waals surface area (Å²) in [4.78, 5) is 0. The molecule has 13 heavy (non-hydrogen) atoms. The second-order valence-electron chi connectivity index (χ2n) is 2.45. The molecule has 0 aromatic carbocycles. The number of hydrogen-bond donors (Lipinski definition) is 1. The highest BCUT2D eigenvalue weighted by Crippen LogP contribution is 1.96. The first-order chi connectivity index (χ1) is 6.12. The van der Waals surface area contributed by atoms with Crippen molar-refractivity contribution in [1.29, 1.82) is 0 Å². The lowest BCUT2D eigenvalue weighted by molar-refractivity contribution is 0.181. The summed E-state index contributed by atoms with van der Waals surface area (Å²) in [6, 6.07) is 0. The molecule has 0 radical (unpaired) electrons. The van der Waals surface area contributed by atoms with Crippen LogP contribution in [0, 0.1) is 36.0 Å². The first kappa shape index (κ1) is 11.6. The molecular formula is C11H12O2. The smallest absolute Gasteiger partial charge is 0.184 e. The minimum atomic E-state index is -1.26. The summed E-state index contributed by atoms with van der Waals surface area (Å²) in [5.41, 5.74) is -1.26. The van der Waals surface area contributed by atoms with Gasteiger partial charge in [0.2, 0.25) is 0 Å². The topological polar surface area (TPSA) is 29.5 Å². The standard InChI is InChI=1S/C11H12O2/c1-4-7-11(3,12)8-6-10-13-9-5-2/h2,12H,9-10H2,1,3H3. The zero-order valence-corrected chi connectivity index (χ0v) is 7.85. The SMILES string of the molecule is C#CCOCC#CC(C)(O)C#CC. The van der Waals surface area contributed by atoms with Gasteiger partial charge in [-0.15, -0.1) is 12.3 Å². The van der Waals surface area contributed by atoms with Crippen LogP contribution >= 0.6 is 0 Å². The summed E-state index contributed by atoms with van der Waals surface area (Å²) < 4.78 is 4.89. The molecule has 2 heteroatoms. The maximum Gasteiger partial charge on any atom is 0.184 e. The molecule has 2 nitrogen and oxygen atoms in total. The molecule has 0 rings (SSSR count). The highest BCUT2D eigenvalue weighted by atomic mass is 16.5. The Morgan fingerprint density at radius 3 is 2.62 bits per heavy atom. The van der Waals surface area contributed by atoms with E-state index in [-0.39, 0.29) is 13.2 Å². The Kier molecular flexibility index (Phi) is 5.49. The minimum absolute atomic E-state index is 0.214. The molecule has 0 fully saturated rings. The zero-order chi connectivity index (χ0) is 10.2. The second-order valence-corrected chi connectivity index (χ2v) is 2.45. The molecule has 0 aromatic heterocycles. The molecule has 0 bridgehead atoms. The van der Waals surface area contributed by atoms with E-state index in [2.05, 4.69) is 29.6 Å². The molecule has 0 aliphatic carbocycles. The van der Waals surface area contributed by atoms with E-state index in [0.717, 1.165) is 0 Å². The van der Waals surface area contributed by atoms with Crippen LogP contribution < -0.4 is 0 Å². The maximum atomic E-state index is 9.43. The van der Waals surface area contributed by atoms with Crippen LogP contribution in [0.4, 0.5) is 0 Å². The van der Waals surface area contributed by atoms with E-state index in [4.69, 9.17) is 11.2 Å². The molecule has 0 aromatic rings. The van der Waals surface area contributed by atoms with Gasteiger partial charge in [-0.1, -0.05) is 23.7 Å². The van der Waals surface area contributed by atoms with Gasteiger partial charge in [-0.25, -0.2) is 0 Å². The van der Waals surface area contributed by atoms with Crippen molar-refractivity contribution in [3.63, 3.8) is 0 Å². The molecule has 0 saturated heterocycles. The van der Waals surface area contributed by atoms with Gasteiger partial charge in [-0.05, 0) is 13.8 Å². The van der Waals surface area contributed by atoms with Crippen LogP contribution in [-0.4, -0.2) is 23.9 Å². The van der Waals surface area contributed by atoms with Gasteiger partial charge in [0.1, 0.15) is 13.2 Å². The summed E-state index contributed by atoms with van der Waals surface area (Å²) in [6.45, 7) is 3.62. The van der Waals surface area contributed by atoms with Crippen molar-refractivity contribution in [2.24, 2.45) is 0 Å². The Morgan fingerprint density at radius 1 is 1.38 bits per heavy atom. The van der Waals surface area contributed by atoms with Crippen molar-refractivity contribution in [3.8, 4) is 36.0 Å². The van der Waals surface area contributed by atoms with E-state index >= 15 is 0 Å². The van der Waals surface area contributed by atoms with Crippen LogP contribution in [0.25, 0.3) is 0 Å². The van der Waals surface area contributed by atoms with Crippen molar-refractivity contribution in [1.82, 2.24) is 0 Å².